The molecule has 1 saturated heterocycles. The van der Waals surface area contributed by atoms with Gasteiger partial charge in [-0.25, -0.2) is 10.2 Å². The highest BCUT2D eigenvalue weighted by atomic mass is 32.2. The molecule has 3 N–H and O–H groups in total. The normalized spacial score (nSPS) is 17.9. The molecule has 8 heteroatoms. The van der Waals surface area contributed by atoms with Gasteiger partial charge in [0.25, 0.3) is 5.91 Å². The van der Waals surface area contributed by atoms with Gasteiger partial charge >= 0.3 is 6.03 Å². The number of nitrogens with one attached hydrogen (secondary N) is 1. The number of carbonyl (C=O) groups excluding carboxylic acids is 2. The van der Waals surface area contributed by atoms with Gasteiger partial charge in [0.1, 0.15) is 5.76 Å². The second-order valence-corrected chi connectivity index (χ2v) is 4.68. The van der Waals surface area contributed by atoms with E-state index in [1.807, 2.05) is 0 Å². The Morgan fingerprint density at radius 2 is 2.41 bits per heavy atom. The monoisotopic (exact) mass is 269 g/mol. The van der Waals surface area contributed by atoms with Crippen LogP contribution in [0.25, 0.3) is 6.08 Å². The van der Waals surface area contributed by atoms with Gasteiger partial charge in [-0.05, 0) is 24.4 Å². The van der Waals surface area contributed by atoms with Gasteiger partial charge < -0.3 is 10.2 Å². The van der Waals surface area contributed by atoms with E-state index in [0.29, 0.717) is 10.7 Å². The molecular weight excluding hydrogens is 262 g/mol. The fourth-order valence-corrected chi connectivity index (χ4v) is 2.34. The zero-order valence-corrected chi connectivity index (χ0v) is 10.0. The number of amides is 3. The number of thioether (sulfide) groups is 1. The maximum absolute atomic E-state index is 11.8. The molecule has 0 atom stereocenters. The third-order valence-electron chi connectivity index (χ3n) is 1.83. The molecule has 0 aromatic carbocycles. The number of hydrogen-bond acceptors (Lipinski definition) is 5. The van der Waals surface area contributed by atoms with E-state index >= 15 is 0 Å². The van der Waals surface area contributed by atoms with Crippen molar-refractivity contribution in [3.05, 3.63) is 29.1 Å². The van der Waals surface area contributed by atoms with Gasteiger partial charge in [-0.1, -0.05) is 11.8 Å². The third kappa shape index (κ3) is 2.48. The Balaban J connectivity index is 2.21. The first-order valence-corrected chi connectivity index (χ1v) is 5.68. The van der Waals surface area contributed by atoms with Crippen molar-refractivity contribution in [1.29, 1.82) is 0 Å². The van der Waals surface area contributed by atoms with E-state index in [1.54, 1.807) is 18.2 Å². The summed E-state index contributed by atoms with van der Waals surface area (Å²) in [6.45, 7) is 0. The number of rotatable bonds is 2. The van der Waals surface area contributed by atoms with Crippen molar-refractivity contribution in [3.8, 4) is 0 Å². The van der Waals surface area contributed by atoms with Crippen molar-refractivity contribution < 1.29 is 14.0 Å². The van der Waals surface area contributed by atoms with Gasteiger partial charge in [0.05, 0.1) is 11.2 Å². The first kappa shape index (κ1) is 11.7. The van der Waals surface area contributed by atoms with Crippen molar-refractivity contribution in [1.82, 2.24) is 10.4 Å². The summed E-state index contributed by atoms with van der Waals surface area (Å²) < 4.78 is 5.29. The summed E-state index contributed by atoms with van der Waals surface area (Å²) in [7, 11) is 0. The highest BCUT2D eigenvalue weighted by molar-refractivity contribution is 8.26. The van der Waals surface area contributed by atoms with Crippen molar-refractivity contribution in [2.24, 2.45) is 5.73 Å². The van der Waals surface area contributed by atoms with Gasteiger partial charge in [-0.2, -0.15) is 5.01 Å². The molecule has 0 radical (unpaired) electrons. The van der Waals surface area contributed by atoms with Crippen LogP contribution in [-0.4, -0.2) is 21.3 Å². The molecule has 88 valence electrons. The average molecular weight is 269 g/mol. The van der Waals surface area contributed by atoms with E-state index in [0.717, 1.165) is 16.8 Å². The zero-order chi connectivity index (χ0) is 12.4. The van der Waals surface area contributed by atoms with E-state index in [1.165, 1.54) is 6.26 Å². The van der Waals surface area contributed by atoms with Crippen LogP contribution in [0.2, 0.25) is 0 Å². The summed E-state index contributed by atoms with van der Waals surface area (Å²) in [6.07, 6.45) is 3.04. The van der Waals surface area contributed by atoms with Gasteiger partial charge in [0, 0.05) is 6.08 Å². The van der Waals surface area contributed by atoms with Crippen LogP contribution in [0, 0.1) is 0 Å². The van der Waals surface area contributed by atoms with Crippen molar-refractivity contribution in [2.45, 2.75) is 0 Å². The van der Waals surface area contributed by atoms with Crippen LogP contribution in [-0.2, 0) is 4.79 Å². The van der Waals surface area contributed by atoms with Crippen molar-refractivity contribution in [3.63, 3.8) is 0 Å². The van der Waals surface area contributed by atoms with Crippen molar-refractivity contribution in [2.75, 3.05) is 0 Å². The van der Waals surface area contributed by atoms with Crippen LogP contribution in [0.3, 0.4) is 0 Å². The minimum absolute atomic E-state index is 0.214. The molecule has 2 rings (SSSR count). The lowest BCUT2D eigenvalue weighted by Crippen LogP contribution is -2.47. The Kier molecular flexibility index (Phi) is 3.16. The molecule has 1 aromatic rings. The van der Waals surface area contributed by atoms with E-state index < -0.39 is 11.9 Å². The summed E-state index contributed by atoms with van der Waals surface area (Å²) in [5.41, 5.74) is 7.07. The molecule has 1 aliphatic rings. The number of thiocarbonyl (C=S) groups is 1. The molecular formula is C9H7N3O3S2. The molecule has 1 aromatic heterocycles. The molecule has 0 bridgehead atoms. The molecule has 17 heavy (non-hydrogen) atoms. The Bertz CT molecular complexity index is 510. The van der Waals surface area contributed by atoms with Gasteiger partial charge in [-0.15, -0.1) is 0 Å². The number of nitrogens with zero attached hydrogens (tertiary/aromatic N) is 1. The minimum Gasteiger partial charge on any atom is -0.465 e. The fraction of sp³-hybridized carbons (Fsp3) is 0. The first-order chi connectivity index (χ1) is 8.08. The van der Waals surface area contributed by atoms with Crippen molar-refractivity contribution >= 4 is 46.3 Å². The molecule has 0 aliphatic carbocycles. The first-order valence-electron chi connectivity index (χ1n) is 4.45. The van der Waals surface area contributed by atoms with E-state index in [4.69, 9.17) is 22.4 Å². The third-order valence-corrected chi connectivity index (χ3v) is 3.13. The van der Waals surface area contributed by atoms with Crippen LogP contribution < -0.4 is 11.2 Å². The maximum atomic E-state index is 11.8. The molecule has 1 aliphatic heterocycles. The highest BCUT2D eigenvalue weighted by Gasteiger charge is 2.33. The van der Waals surface area contributed by atoms with Crippen LogP contribution in [0.1, 0.15) is 5.76 Å². The summed E-state index contributed by atoms with van der Waals surface area (Å²) >= 11 is 6.00. The number of primary amides is 1. The molecule has 0 unspecified atom stereocenters. The minimum atomic E-state index is -0.847. The number of hydrogen-bond donors (Lipinski definition) is 2. The number of nitrogens with two attached hydrogens (primary N) is 1. The lowest BCUT2D eigenvalue weighted by atomic mass is 10.4. The topological polar surface area (TPSA) is 88.6 Å². The Hall–Kier alpha value is -1.80. The van der Waals surface area contributed by atoms with E-state index in [-0.39, 0.29) is 4.32 Å². The lowest BCUT2D eigenvalue weighted by molar-refractivity contribution is -0.123. The summed E-state index contributed by atoms with van der Waals surface area (Å²) in [4.78, 5) is 22.9. The quantitative estimate of drug-likeness (QED) is 0.619. The van der Waals surface area contributed by atoms with Gasteiger partial charge in [0.15, 0.2) is 4.32 Å². The second kappa shape index (κ2) is 4.60. The molecule has 1 fully saturated rings. The number of furan rings is 1. The molecule has 6 nitrogen and oxygen atoms in total. The molecule has 0 saturated carbocycles. The molecule has 3 amide bonds. The number of urea groups is 1. The standard InChI is InChI=1S/C9H7N3O3S2/c10-8(14)11-12-7(13)6(17-9(12)16)4-5-2-1-3-15-5/h1-4H,(H3,10,11,14)/b6-4+. The van der Waals surface area contributed by atoms with E-state index in [9.17, 15) is 9.59 Å². The lowest BCUT2D eigenvalue weighted by Gasteiger charge is -2.12. The fourth-order valence-electron chi connectivity index (χ4n) is 1.18. The smallest absolute Gasteiger partial charge is 0.331 e. The van der Waals surface area contributed by atoms with Crippen LogP contribution in [0.5, 0.6) is 0 Å². The summed E-state index contributed by atoms with van der Waals surface area (Å²) in [5, 5.41) is 0.928. The maximum Gasteiger partial charge on any atom is 0.331 e. The molecule has 0 spiro atoms. The van der Waals surface area contributed by atoms with Crippen LogP contribution in [0.4, 0.5) is 4.79 Å². The SMILES string of the molecule is NC(=O)NN1C(=O)/C(=C\c2ccco2)SC1=S. The number of carbonyl (C=O) groups is 2. The Morgan fingerprint density at radius 3 is 3.00 bits per heavy atom. The average Bonchev–Trinajstić information content (AvgIpc) is 2.83. The highest BCUT2D eigenvalue weighted by Crippen LogP contribution is 2.31. The summed E-state index contributed by atoms with van der Waals surface area (Å²) in [5.74, 6) is 0.0970. The zero-order valence-electron chi connectivity index (χ0n) is 8.38. The van der Waals surface area contributed by atoms with Crippen LogP contribution in [0.15, 0.2) is 27.7 Å². The predicted molar refractivity (Wildman–Crippen MR) is 66.4 cm³/mol. The van der Waals surface area contributed by atoms with Crippen LogP contribution >= 0.6 is 24.0 Å². The second-order valence-electron chi connectivity index (χ2n) is 3.01. The Labute approximate surface area is 106 Å². The Morgan fingerprint density at radius 1 is 1.65 bits per heavy atom. The number of hydrazine groups is 1. The molecule has 2 heterocycles. The predicted octanol–water partition coefficient (Wildman–Crippen LogP) is 1.06. The van der Waals surface area contributed by atoms with Gasteiger partial charge in [-0.3, -0.25) is 4.79 Å². The summed E-state index contributed by atoms with van der Waals surface area (Å²) in [6, 6.07) is 2.56. The van der Waals surface area contributed by atoms with Gasteiger partial charge in [0.2, 0.25) is 0 Å². The largest absolute Gasteiger partial charge is 0.465 e. The van der Waals surface area contributed by atoms with E-state index in [2.05, 4.69) is 5.43 Å².